The first-order valence-electron chi connectivity index (χ1n) is 7.10. The van der Waals surface area contributed by atoms with Crippen molar-refractivity contribution < 1.29 is 23.4 Å². The van der Waals surface area contributed by atoms with Gasteiger partial charge in [0.05, 0.1) is 25.3 Å². The third-order valence-corrected chi connectivity index (χ3v) is 3.54. The van der Waals surface area contributed by atoms with E-state index in [1.165, 1.54) is 38.6 Å². The summed E-state index contributed by atoms with van der Waals surface area (Å²) in [5, 5.41) is 0.607. The summed E-state index contributed by atoms with van der Waals surface area (Å²) >= 11 is 0. The smallest absolute Gasteiger partial charge is 0.173 e. The molecule has 2 aromatic carbocycles. The maximum absolute atomic E-state index is 14.0. The number of aromatic nitrogens is 1. The molecule has 0 atom stereocenters. The van der Waals surface area contributed by atoms with Crippen LogP contribution in [0.25, 0.3) is 10.9 Å². The van der Waals surface area contributed by atoms with Crippen LogP contribution < -0.4 is 14.2 Å². The lowest BCUT2D eigenvalue weighted by Crippen LogP contribution is -1.96. The molecule has 0 radical (unpaired) electrons. The number of carbonyl (C=O) groups is 1. The number of hydrogen-bond acceptors (Lipinski definition) is 5. The number of benzene rings is 2. The van der Waals surface area contributed by atoms with Crippen LogP contribution >= 0.6 is 0 Å². The number of methoxy groups -OCH3 is 2. The van der Waals surface area contributed by atoms with Crippen molar-refractivity contribution in [1.29, 1.82) is 0 Å². The SMILES string of the molecule is COc1cc2nccc(Oc3c(F)cccc3C=O)c2cc1OC. The van der Waals surface area contributed by atoms with E-state index in [2.05, 4.69) is 4.98 Å². The van der Waals surface area contributed by atoms with Crippen LogP contribution in [-0.2, 0) is 0 Å². The summed E-state index contributed by atoms with van der Waals surface area (Å²) < 4.78 is 30.2. The minimum absolute atomic E-state index is 0.125. The number of ether oxygens (including phenoxy) is 3. The highest BCUT2D eigenvalue weighted by atomic mass is 19.1. The number of carbonyl (C=O) groups excluding carboxylic acids is 1. The number of fused-ring (bicyclic) bond motifs is 1. The largest absolute Gasteiger partial charge is 0.493 e. The van der Waals surface area contributed by atoms with E-state index in [9.17, 15) is 9.18 Å². The van der Waals surface area contributed by atoms with E-state index in [4.69, 9.17) is 14.2 Å². The van der Waals surface area contributed by atoms with E-state index in [1.807, 2.05) is 0 Å². The molecule has 1 aromatic heterocycles. The van der Waals surface area contributed by atoms with Crippen LogP contribution in [0.15, 0.2) is 42.6 Å². The second kappa shape index (κ2) is 6.54. The number of rotatable bonds is 5. The lowest BCUT2D eigenvalue weighted by atomic mass is 10.1. The molecule has 3 aromatic rings. The molecule has 0 aliphatic carbocycles. The molecule has 1 heterocycles. The third kappa shape index (κ3) is 2.74. The highest BCUT2D eigenvalue weighted by Gasteiger charge is 2.15. The van der Waals surface area contributed by atoms with E-state index in [-0.39, 0.29) is 11.3 Å². The van der Waals surface area contributed by atoms with Crippen LogP contribution in [0.5, 0.6) is 23.0 Å². The van der Waals surface area contributed by atoms with E-state index < -0.39 is 5.82 Å². The molecule has 0 fully saturated rings. The van der Waals surface area contributed by atoms with Crippen molar-refractivity contribution in [2.45, 2.75) is 0 Å². The van der Waals surface area contributed by atoms with Gasteiger partial charge in [0.2, 0.25) is 0 Å². The molecule has 0 spiro atoms. The fourth-order valence-electron chi connectivity index (χ4n) is 2.37. The molecule has 0 N–H and O–H groups in total. The Kier molecular flexibility index (Phi) is 4.29. The number of aldehydes is 1. The summed E-state index contributed by atoms with van der Waals surface area (Å²) in [5.41, 5.74) is 0.717. The highest BCUT2D eigenvalue weighted by molar-refractivity contribution is 5.89. The summed E-state index contributed by atoms with van der Waals surface area (Å²) in [6, 6.07) is 9.15. The molecule has 0 aliphatic rings. The van der Waals surface area contributed by atoms with E-state index >= 15 is 0 Å². The molecule has 0 amide bonds. The van der Waals surface area contributed by atoms with E-state index in [0.29, 0.717) is 34.4 Å². The fraction of sp³-hybridized carbons (Fsp3) is 0.111. The number of halogens is 1. The van der Waals surface area contributed by atoms with Crippen molar-refractivity contribution >= 4 is 17.2 Å². The van der Waals surface area contributed by atoms with Gasteiger partial charge in [-0.05, 0) is 24.3 Å². The average Bonchev–Trinajstić information content (AvgIpc) is 2.62. The van der Waals surface area contributed by atoms with Crippen molar-refractivity contribution in [3.8, 4) is 23.0 Å². The van der Waals surface area contributed by atoms with Gasteiger partial charge in [-0.1, -0.05) is 6.07 Å². The van der Waals surface area contributed by atoms with Gasteiger partial charge in [-0.15, -0.1) is 0 Å². The quantitative estimate of drug-likeness (QED) is 0.663. The number of nitrogens with zero attached hydrogens (tertiary/aromatic N) is 1. The first kappa shape index (κ1) is 15.7. The van der Waals surface area contributed by atoms with Crippen molar-refractivity contribution in [3.63, 3.8) is 0 Å². The Bertz CT molecular complexity index is 911. The molecule has 5 nitrogen and oxygen atoms in total. The zero-order chi connectivity index (χ0) is 17.1. The number of para-hydroxylation sites is 1. The van der Waals surface area contributed by atoms with Crippen molar-refractivity contribution in [3.05, 3.63) is 54.0 Å². The standard InChI is InChI=1S/C18H14FNO4/c1-22-16-8-12-14(9-17(16)23-2)20-7-6-15(12)24-18-11(10-21)4-3-5-13(18)19/h3-10H,1-2H3. The van der Waals surface area contributed by atoms with Crippen LogP contribution in [0.4, 0.5) is 4.39 Å². The molecular weight excluding hydrogens is 313 g/mol. The van der Waals surface area contributed by atoms with Gasteiger partial charge in [0.15, 0.2) is 29.4 Å². The minimum Gasteiger partial charge on any atom is -0.493 e. The van der Waals surface area contributed by atoms with Crippen molar-refractivity contribution in [2.75, 3.05) is 14.2 Å². The van der Waals surface area contributed by atoms with Gasteiger partial charge in [-0.2, -0.15) is 0 Å². The Morgan fingerprint density at radius 2 is 1.79 bits per heavy atom. The number of pyridine rings is 1. The van der Waals surface area contributed by atoms with Gasteiger partial charge in [0.25, 0.3) is 0 Å². The maximum atomic E-state index is 14.0. The van der Waals surface area contributed by atoms with Crippen LogP contribution in [0.3, 0.4) is 0 Å². The zero-order valence-electron chi connectivity index (χ0n) is 13.1. The molecule has 24 heavy (non-hydrogen) atoms. The number of hydrogen-bond donors (Lipinski definition) is 0. The summed E-state index contributed by atoms with van der Waals surface area (Å²) in [4.78, 5) is 15.4. The lowest BCUT2D eigenvalue weighted by molar-refractivity contribution is 0.112. The first-order chi connectivity index (χ1) is 11.7. The van der Waals surface area contributed by atoms with Crippen molar-refractivity contribution in [1.82, 2.24) is 4.98 Å². The Labute approximate surface area is 137 Å². The third-order valence-electron chi connectivity index (χ3n) is 3.54. The second-order valence-corrected chi connectivity index (χ2v) is 4.91. The van der Waals surface area contributed by atoms with Crippen LogP contribution in [0.2, 0.25) is 0 Å². The lowest BCUT2D eigenvalue weighted by Gasteiger charge is -2.13. The molecule has 3 rings (SSSR count). The van der Waals surface area contributed by atoms with Gasteiger partial charge in [-0.25, -0.2) is 4.39 Å². The molecule has 122 valence electrons. The molecule has 0 saturated carbocycles. The molecule has 0 unspecified atom stereocenters. The van der Waals surface area contributed by atoms with Crippen LogP contribution in [0.1, 0.15) is 10.4 Å². The monoisotopic (exact) mass is 327 g/mol. The minimum atomic E-state index is -0.620. The summed E-state index contributed by atoms with van der Waals surface area (Å²) in [7, 11) is 3.04. The molecule has 0 bridgehead atoms. The first-order valence-corrected chi connectivity index (χ1v) is 7.10. The van der Waals surface area contributed by atoms with E-state index in [1.54, 1.807) is 18.2 Å². The molecule has 6 heteroatoms. The maximum Gasteiger partial charge on any atom is 0.173 e. The van der Waals surface area contributed by atoms with Gasteiger partial charge in [-0.3, -0.25) is 9.78 Å². The topological polar surface area (TPSA) is 57.7 Å². The molecule has 0 saturated heterocycles. The van der Waals surface area contributed by atoms with Crippen LogP contribution in [0, 0.1) is 5.82 Å². The van der Waals surface area contributed by atoms with Gasteiger partial charge < -0.3 is 14.2 Å². The second-order valence-electron chi connectivity index (χ2n) is 4.91. The van der Waals surface area contributed by atoms with Gasteiger partial charge in [0, 0.05) is 17.6 Å². The Balaban J connectivity index is 2.15. The average molecular weight is 327 g/mol. The highest BCUT2D eigenvalue weighted by Crippen LogP contribution is 2.37. The fourth-order valence-corrected chi connectivity index (χ4v) is 2.37. The van der Waals surface area contributed by atoms with Gasteiger partial charge in [0.1, 0.15) is 5.75 Å². The van der Waals surface area contributed by atoms with Crippen LogP contribution in [-0.4, -0.2) is 25.5 Å². The molecule has 0 aliphatic heterocycles. The zero-order valence-corrected chi connectivity index (χ0v) is 13.1. The summed E-state index contributed by atoms with van der Waals surface area (Å²) in [6.07, 6.45) is 2.08. The summed E-state index contributed by atoms with van der Waals surface area (Å²) in [6.45, 7) is 0. The normalized spacial score (nSPS) is 10.5. The molecular formula is C18H14FNO4. The van der Waals surface area contributed by atoms with E-state index in [0.717, 1.165) is 0 Å². The summed E-state index contributed by atoms with van der Waals surface area (Å²) in [5.74, 6) is 0.620. The predicted molar refractivity (Wildman–Crippen MR) is 86.7 cm³/mol. The van der Waals surface area contributed by atoms with Gasteiger partial charge >= 0.3 is 0 Å². The Hall–Kier alpha value is -3.15. The predicted octanol–water partition coefficient (Wildman–Crippen LogP) is 4.00. The Morgan fingerprint density at radius 3 is 2.50 bits per heavy atom. The Morgan fingerprint density at radius 1 is 1.04 bits per heavy atom. The van der Waals surface area contributed by atoms with Crippen molar-refractivity contribution in [2.24, 2.45) is 0 Å².